The standard InChI is InChI=1S/C21H19ClF2O5S/c1-28-19-9-10-21(12-16(19)20(25)29-2,17-11-14(23)5-8-18(17)24)30(26,27)15-6-3-13(22)4-7-15/h3-8,11H,9-10,12H2,1-2H3. The molecule has 0 aliphatic heterocycles. The molecule has 0 heterocycles. The van der Waals surface area contributed by atoms with E-state index in [1.165, 1.54) is 31.4 Å². The van der Waals surface area contributed by atoms with Crippen molar-refractivity contribution in [3.8, 4) is 0 Å². The van der Waals surface area contributed by atoms with Crippen LogP contribution in [0.2, 0.25) is 5.02 Å². The van der Waals surface area contributed by atoms with Gasteiger partial charge in [-0.1, -0.05) is 11.6 Å². The summed E-state index contributed by atoms with van der Waals surface area (Å²) in [5.41, 5.74) is -0.388. The second-order valence-corrected chi connectivity index (χ2v) is 9.55. The first-order valence-corrected chi connectivity index (χ1v) is 10.8. The number of hydrogen-bond donors (Lipinski definition) is 0. The molecule has 5 nitrogen and oxygen atoms in total. The van der Waals surface area contributed by atoms with Crippen molar-refractivity contribution in [3.63, 3.8) is 0 Å². The third kappa shape index (κ3) is 3.70. The van der Waals surface area contributed by atoms with Crippen molar-refractivity contribution in [2.45, 2.75) is 28.9 Å². The van der Waals surface area contributed by atoms with E-state index in [2.05, 4.69) is 0 Å². The summed E-state index contributed by atoms with van der Waals surface area (Å²) in [4.78, 5) is 12.3. The first kappa shape index (κ1) is 22.2. The lowest BCUT2D eigenvalue weighted by atomic mass is 9.81. The molecular weight excluding hydrogens is 438 g/mol. The highest BCUT2D eigenvalue weighted by Gasteiger charge is 2.52. The Morgan fingerprint density at radius 3 is 2.37 bits per heavy atom. The lowest BCUT2D eigenvalue weighted by Crippen LogP contribution is -2.41. The largest absolute Gasteiger partial charge is 0.501 e. The van der Waals surface area contributed by atoms with Crippen LogP contribution in [0.15, 0.2) is 58.7 Å². The fraction of sp³-hybridized carbons (Fsp3) is 0.286. The van der Waals surface area contributed by atoms with Crippen LogP contribution in [0.1, 0.15) is 24.8 Å². The number of sulfone groups is 1. The third-order valence-corrected chi connectivity index (χ3v) is 8.03. The predicted octanol–water partition coefficient (Wildman–Crippen LogP) is 4.54. The number of esters is 1. The van der Waals surface area contributed by atoms with Crippen LogP contribution in [0.4, 0.5) is 8.78 Å². The van der Waals surface area contributed by atoms with Crippen LogP contribution in [0, 0.1) is 11.6 Å². The number of benzene rings is 2. The zero-order valence-electron chi connectivity index (χ0n) is 16.2. The molecule has 1 atom stereocenters. The minimum Gasteiger partial charge on any atom is -0.501 e. The molecule has 0 saturated heterocycles. The molecular formula is C21H19ClF2O5S. The van der Waals surface area contributed by atoms with Gasteiger partial charge in [0.1, 0.15) is 22.1 Å². The van der Waals surface area contributed by atoms with Crippen LogP contribution >= 0.6 is 11.6 Å². The van der Waals surface area contributed by atoms with Crippen LogP contribution in [0.3, 0.4) is 0 Å². The van der Waals surface area contributed by atoms with Gasteiger partial charge in [0.15, 0.2) is 9.84 Å². The van der Waals surface area contributed by atoms with Gasteiger partial charge < -0.3 is 9.47 Å². The van der Waals surface area contributed by atoms with Gasteiger partial charge in [-0.3, -0.25) is 0 Å². The van der Waals surface area contributed by atoms with Crippen molar-refractivity contribution in [1.29, 1.82) is 0 Å². The molecule has 2 aromatic rings. The number of rotatable bonds is 5. The van der Waals surface area contributed by atoms with E-state index >= 15 is 0 Å². The molecule has 1 aliphatic carbocycles. The van der Waals surface area contributed by atoms with Crippen LogP contribution < -0.4 is 0 Å². The normalized spacial score (nSPS) is 19.5. The summed E-state index contributed by atoms with van der Waals surface area (Å²) >= 11 is 5.88. The molecule has 1 unspecified atom stereocenters. The Labute approximate surface area is 178 Å². The van der Waals surface area contributed by atoms with Gasteiger partial charge >= 0.3 is 5.97 Å². The van der Waals surface area contributed by atoms with Crippen molar-refractivity contribution in [2.24, 2.45) is 0 Å². The highest BCUT2D eigenvalue weighted by molar-refractivity contribution is 7.92. The van der Waals surface area contributed by atoms with E-state index in [1.54, 1.807) is 0 Å². The molecule has 0 N–H and O–H groups in total. The van der Waals surface area contributed by atoms with Crippen LogP contribution in [-0.2, 0) is 28.9 Å². The number of hydrogen-bond acceptors (Lipinski definition) is 5. The maximum absolute atomic E-state index is 14.9. The minimum absolute atomic E-state index is 0.0176. The number of ether oxygens (including phenoxy) is 2. The number of carbonyl (C=O) groups excluding carboxylic acids is 1. The van der Waals surface area contributed by atoms with E-state index in [1.807, 2.05) is 0 Å². The van der Waals surface area contributed by atoms with E-state index in [-0.39, 0.29) is 34.6 Å². The Kier molecular flexibility index (Phi) is 6.19. The predicted molar refractivity (Wildman–Crippen MR) is 107 cm³/mol. The number of halogens is 3. The van der Waals surface area contributed by atoms with Gasteiger partial charge in [0.05, 0.1) is 24.7 Å². The van der Waals surface area contributed by atoms with Gasteiger partial charge in [-0.15, -0.1) is 0 Å². The number of allylic oxidation sites excluding steroid dienone is 1. The first-order valence-electron chi connectivity index (χ1n) is 8.96. The highest BCUT2D eigenvalue weighted by Crippen LogP contribution is 2.50. The molecule has 30 heavy (non-hydrogen) atoms. The topological polar surface area (TPSA) is 69.7 Å². The molecule has 0 fully saturated rings. The quantitative estimate of drug-likeness (QED) is 0.617. The maximum atomic E-state index is 14.9. The van der Waals surface area contributed by atoms with E-state index in [0.29, 0.717) is 5.02 Å². The van der Waals surface area contributed by atoms with Gasteiger partial charge in [-0.05, 0) is 48.9 Å². The number of carbonyl (C=O) groups is 1. The minimum atomic E-state index is -4.30. The van der Waals surface area contributed by atoms with Gasteiger partial charge in [0, 0.05) is 23.4 Å². The van der Waals surface area contributed by atoms with Gasteiger partial charge in [0.2, 0.25) is 0 Å². The second kappa shape index (κ2) is 8.35. The average molecular weight is 457 g/mol. The molecule has 0 bridgehead atoms. The lowest BCUT2D eigenvalue weighted by molar-refractivity contribution is -0.136. The van der Waals surface area contributed by atoms with Crippen molar-refractivity contribution in [1.82, 2.24) is 0 Å². The Balaban J connectivity index is 2.31. The maximum Gasteiger partial charge on any atom is 0.337 e. The van der Waals surface area contributed by atoms with Crippen LogP contribution in [0.5, 0.6) is 0 Å². The van der Waals surface area contributed by atoms with E-state index in [9.17, 15) is 22.0 Å². The van der Waals surface area contributed by atoms with E-state index in [4.69, 9.17) is 21.1 Å². The molecule has 0 saturated carbocycles. The Bertz CT molecular complexity index is 1110. The first-order chi connectivity index (χ1) is 14.2. The van der Waals surface area contributed by atoms with Crippen molar-refractivity contribution in [3.05, 3.63) is 76.0 Å². The molecule has 9 heteroatoms. The van der Waals surface area contributed by atoms with Crippen molar-refractivity contribution in [2.75, 3.05) is 14.2 Å². The Morgan fingerprint density at radius 2 is 1.77 bits per heavy atom. The lowest BCUT2D eigenvalue weighted by Gasteiger charge is -2.38. The van der Waals surface area contributed by atoms with Gasteiger partial charge in [-0.25, -0.2) is 22.0 Å². The molecule has 0 radical (unpaired) electrons. The molecule has 160 valence electrons. The fourth-order valence-electron chi connectivity index (χ4n) is 3.76. The van der Waals surface area contributed by atoms with E-state index in [0.717, 1.165) is 25.3 Å². The molecule has 0 amide bonds. The summed E-state index contributed by atoms with van der Waals surface area (Å²) < 4.78 is 64.6. The average Bonchev–Trinajstić information content (AvgIpc) is 2.74. The third-order valence-electron chi connectivity index (χ3n) is 5.29. The summed E-state index contributed by atoms with van der Waals surface area (Å²) in [7, 11) is -1.80. The SMILES string of the molecule is COC(=O)C1=C(OC)CCC(c2cc(F)ccc2F)(S(=O)(=O)c2ccc(Cl)cc2)C1. The summed E-state index contributed by atoms with van der Waals surface area (Å²) in [6.07, 6.45) is -0.542. The zero-order valence-corrected chi connectivity index (χ0v) is 17.8. The Hall–Kier alpha value is -2.45. The molecule has 0 aromatic heterocycles. The summed E-state index contributed by atoms with van der Waals surface area (Å²) in [6, 6.07) is 8.01. The van der Waals surface area contributed by atoms with Gasteiger partial charge in [-0.2, -0.15) is 0 Å². The summed E-state index contributed by atoms with van der Waals surface area (Å²) in [6.45, 7) is 0. The Morgan fingerprint density at radius 1 is 1.10 bits per heavy atom. The molecule has 3 rings (SSSR count). The van der Waals surface area contributed by atoms with E-state index < -0.39 is 38.6 Å². The number of methoxy groups -OCH3 is 2. The fourth-order valence-corrected chi connectivity index (χ4v) is 5.99. The molecule has 1 aliphatic rings. The van der Waals surface area contributed by atoms with Crippen LogP contribution in [-0.4, -0.2) is 28.6 Å². The summed E-state index contributed by atoms with van der Waals surface area (Å²) in [5.74, 6) is -2.23. The molecule has 2 aromatic carbocycles. The zero-order chi connectivity index (χ0) is 22.1. The second-order valence-electron chi connectivity index (χ2n) is 6.85. The van der Waals surface area contributed by atoms with Crippen molar-refractivity contribution < 1.29 is 31.5 Å². The van der Waals surface area contributed by atoms with Crippen molar-refractivity contribution >= 4 is 27.4 Å². The molecule has 0 spiro atoms. The summed E-state index contributed by atoms with van der Waals surface area (Å²) in [5, 5.41) is 0.320. The van der Waals surface area contributed by atoms with Gasteiger partial charge in [0.25, 0.3) is 0 Å². The highest BCUT2D eigenvalue weighted by atomic mass is 35.5. The van der Waals surface area contributed by atoms with Crippen LogP contribution in [0.25, 0.3) is 0 Å². The monoisotopic (exact) mass is 456 g/mol. The smallest absolute Gasteiger partial charge is 0.337 e.